The zero-order valence-corrected chi connectivity index (χ0v) is 16.1. The van der Waals surface area contributed by atoms with E-state index in [4.69, 9.17) is 4.74 Å². The molecule has 0 aliphatic carbocycles. The van der Waals surface area contributed by atoms with Crippen molar-refractivity contribution in [1.29, 1.82) is 0 Å². The molecular weight excluding hydrogens is 383 g/mol. The second kappa shape index (κ2) is 8.06. The van der Waals surface area contributed by atoms with Crippen LogP contribution in [-0.4, -0.2) is 35.9 Å². The predicted molar refractivity (Wildman–Crippen MR) is 105 cm³/mol. The Hall–Kier alpha value is -3.16. The summed E-state index contributed by atoms with van der Waals surface area (Å²) in [5.41, 5.74) is 0.355. The number of aromatic nitrogens is 1. The molecule has 1 aromatic carbocycles. The number of carbonyl (C=O) groups is 1. The van der Waals surface area contributed by atoms with Gasteiger partial charge in [0.15, 0.2) is 0 Å². The van der Waals surface area contributed by atoms with E-state index in [9.17, 15) is 18.0 Å². The van der Waals surface area contributed by atoms with Crippen LogP contribution in [0.1, 0.15) is 35.8 Å². The lowest BCUT2D eigenvalue weighted by atomic mass is 10.0. The molecule has 2 aromatic rings. The zero-order chi connectivity index (χ0) is 21.2. The Morgan fingerprint density at radius 3 is 2.59 bits per heavy atom. The summed E-state index contributed by atoms with van der Waals surface area (Å²) in [6.07, 6.45) is 0.725. The summed E-state index contributed by atoms with van der Waals surface area (Å²) < 4.78 is 44.7. The number of halogens is 3. The molecule has 1 aromatic heterocycles. The Balaban J connectivity index is 1.97. The highest BCUT2D eigenvalue weighted by Crippen LogP contribution is 2.36. The lowest BCUT2D eigenvalue weighted by Gasteiger charge is -2.20. The number of allylic oxidation sites excluding steroid dienone is 1. The third-order valence-electron chi connectivity index (χ3n) is 4.28. The van der Waals surface area contributed by atoms with Gasteiger partial charge in [-0.1, -0.05) is 6.08 Å². The van der Waals surface area contributed by atoms with Gasteiger partial charge in [-0.15, -0.1) is 0 Å². The molecule has 0 bridgehead atoms. The Labute approximate surface area is 166 Å². The highest BCUT2D eigenvalue weighted by atomic mass is 19.4. The molecule has 1 unspecified atom stereocenters. The first-order valence-electron chi connectivity index (χ1n) is 8.98. The van der Waals surface area contributed by atoms with Gasteiger partial charge in [-0.2, -0.15) is 13.2 Å². The molecule has 8 heteroatoms. The first kappa shape index (κ1) is 20.6. The molecule has 2 heterocycles. The molecule has 3 rings (SSSR count). The van der Waals surface area contributed by atoms with Crippen LogP contribution in [-0.2, 0) is 0 Å². The number of benzene rings is 1. The minimum atomic E-state index is -4.53. The molecule has 152 valence electrons. The summed E-state index contributed by atoms with van der Waals surface area (Å²) in [6, 6.07) is 7.28. The highest BCUT2D eigenvalue weighted by Gasteiger charge is 2.37. The summed E-state index contributed by atoms with van der Waals surface area (Å²) in [7, 11) is 1.60. The summed E-state index contributed by atoms with van der Waals surface area (Å²) in [6.45, 7) is 3.63. The van der Waals surface area contributed by atoms with E-state index in [2.05, 4.69) is 9.98 Å². The van der Waals surface area contributed by atoms with Crippen LogP contribution in [0.3, 0.4) is 0 Å². The van der Waals surface area contributed by atoms with Crippen LogP contribution in [0, 0.1) is 0 Å². The van der Waals surface area contributed by atoms with E-state index in [1.165, 1.54) is 17.0 Å². The second-order valence-electron chi connectivity index (χ2n) is 6.81. The molecule has 5 nitrogen and oxygen atoms in total. The fourth-order valence-electron chi connectivity index (χ4n) is 2.90. The number of nitrogens with zero attached hydrogens (tertiary/aromatic N) is 3. The van der Waals surface area contributed by atoms with Crippen molar-refractivity contribution < 1.29 is 22.7 Å². The number of aliphatic imine (C=N–C) groups is 1. The molecule has 1 aliphatic heterocycles. The van der Waals surface area contributed by atoms with E-state index in [0.717, 1.165) is 6.08 Å². The average Bonchev–Trinajstić information content (AvgIpc) is 3.18. The fraction of sp³-hybridized carbons (Fsp3) is 0.286. The molecule has 29 heavy (non-hydrogen) atoms. The Morgan fingerprint density at radius 1 is 1.24 bits per heavy atom. The largest absolute Gasteiger partial charge is 0.491 e. The quantitative estimate of drug-likeness (QED) is 0.723. The van der Waals surface area contributed by atoms with E-state index in [1.807, 2.05) is 13.8 Å². The maximum absolute atomic E-state index is 13.0. The van der Waals surface area contributed by atoms with Crippen LogP contribution in [0.2, 0.25) is 0 Å². The molecule has 0 saturated carbocycles. The van der Waals surface area contributed by atoms with Gasteiger partial charge in [0.25, 0.3) is 5.91 Å². The van der Waals surface area contributed by atoms with E-state index >= 15 is 0 Å². The summed E-state index contributed by atoms with van der Waals surface area (Å²) in [4.78, 5) is 22.1. The van der Waals surface area contributed by atoms with Gasteiger partial charge in [0.05, 0.1) is 24.0 Å². The van der Waals surface area contributed by atoms with E-state index < -0.39 is 17.9 Å². The van der Waals surface area contributed by atoms with Crippen molar-refractivity contribution in [2.75, 3.05) is 11.9 Å². The molecule has 0 radical (unpaired) electrons. The zero-order valence-electron chi connectivity index (χ0n) is 16.1. The lowest BCUT2D eigenvalue weighted by molar-refractivity contribution is -0.0577. The minimum absolute atomic E-state index is 0.190. The molecule has 1 atom stereocenters. The topological polar surface area (TPSA) is 54.8 Å². The Morgan fingerprint density at radius 2 is 2.00 bits per heavy atom. The van der Waals surface area contributed by atoms with Crippen molar-refractivity contribution in [2.24, 2.45) is 4.99 Å². The SMILES string of the molecule is CC(C)Oc1ccc(C(=O)N(C)c2cccnc2)cc1C1C=CC(C(F)(F)F)=N1. The van der Waals surface area contributed by atoms with Crippen LogP contribution < -0.4 is 9.64 Å². The maximum Gasteiger partial charge on any atom is 0.432 e. The van der Waals surface area contributed by atoms with Crippen molar-refractivity contribution in [3.63, 3.8) is 0 Å². The predicted octanol–water partition coefficient (Wildman–Crippen LogP) is 4.76. The van der Waals surface area contributed by atoms with E-state index in [0.29, 0.717) is 22.6 Å². The molecule has 0 saturated heterocycles. The van der Waals surface area contributed by atoms with Crippen LogP contribution in [0.5, 0.6) is 5.75 Å². The number of alkyl halides is 3. The van der Waals surface area contributed by atoms with E-state index in [1.54, 1.807) is 43.7 Å². The minimum Gasteiger partial charge on any atom is -0.491 e. The normalized spacial score (nSPS) is 16.1. The molecule has 1 amide bonds. The Kier molecular flexibility index (Phi) is 5.72. The number of carbonyl (C=O) groups excluding carboxylic acids is 1. The third-order valence-corrected chi connectivity index (χ3v) is 4.28. The summed E-state index contributed by atoms with van der Waals surface area (Å²) in [5, 5.41) is 0. The summed E-state index contributed by atoms with van der Waals surface area (Å²) in [5.74, 6) is 0.0692. The van der Waals surface area contributed by atoms with Crippen LogP contribution >= 0.6 is 0 Å². The van der Waals surface area contributed by atoms with Gasteiger partial charge in [0.1, 0.15) is 11.5 Å². The van der Waals surface area contributed by atoms with Gasteiger partial charge >= 0.3 is 6.18 Å². The molecule has 0 N–H and O–H groups in total. The number of pyridine rings is 1. The molecule has 0 spiro atoms. The van der Waals surface area contributed by atoms with Gasteiger partial charge in [-0.25, -0.2) is 0 Å². The smallest absolute Gasteiger partial charge is 0.432 e. The average molecular weight is 403 g/mol. The van der Waals surface area contributed by atoms with Crippen molar-refractivity contribution >= 4 is 17.3 Å². The Bertz CT molecular complexity index is 953. The summed E-state index contributed by atoms with van der Waals surface area (Å²) >= 11 is 0. The highest BCUT2D eigenvalue weighted by molar-refractivity contribution is 6.06. The van der Waals surface area contributed by atoms with Gasteiger partial charge in [0.2, 0.25) is 0 Å². The first-order valence-corrected chi connectivity index (χ1v) is 8.98. The van der Waals surface area contributed by atoms with Gasteiger partial charge in [-0.05, 0) is 50.3 Å². The number of anilines is 1. The van der Waals surface area contributed by atoms with Crippen molar-refractivity contribution in [3.05, 3.63) is 66.0 Å². The molecule has 0 fully saturated rings. The third kappa shape index (κ3) is 4.64. The van der Waals surface area contributed by atoms with Gasteiger partial charge in [0, 0.05) is 24.4 Å². The molecular formula is C21H20F3N3O2. The lowest BCUT2D eigenvalue weighted by Crippen LogP contribution is -2.26. The van der Waals surface area contributed by atoms with Gasteiger partial charge in [-0.3, -0.25) is 14.8 Å². The maximum atomic E-state index is 13.0. The van der Waals surface area contributed by atoms with Crippen LogP contribution in [0.25, 0.3) is 0 Å². The number of amides is 1. The second-order valence-corrected chi connectivity index (χ2v) is 6.81. The van der Waals surface area contributed by atoms with Crippen LogP contribution in [0.4, 0.5) is 18.9 Å². The van der Waals surface area contributed by atoms with Crippen LogP contribution in [0.15, 0.2) is 59.9 Å². The fourth-order valence-corrected chi connectivity index (χ4v) is 2.90. The number of ether oxygens (including phenoxy) is 1. The number of hydrogen-bond donors (Lipinski definition) is 0. The molecule has 1 aliphatic rings. The number of rotatable bonds is 5. The van der Waals surface area contributed by atoms with Crippen molar-refractivity contribution in [1.82, 2.24) is 4.98 Å². The van der Waals surface area contributed by atoms with Gasteiger partial charge < -0.3 is 9.64 Å². The number of hydrogen-bond acceptors (Lipinski definition) is 4. The standard InChI is InChI=1S/C21H20F3N3O2/c1-13(2)29-18-8-6-14(20(28)27(3)15-5-4-10-25-12-15)11-16(18)17-7-9-19(26-17)21(22,23)24/h4-13,17H,1-3H3. The first-order chi connectivity index (χ1) is 13.7. The van der Waals surface area contributed by atoms with E-state index in [-0.39, 0.29) is 12.0 Å². The monoisotopic (exact) mass is 403 g/mol. The van der Waals surface area contributed by atoms with Crippen molar-refractivity contribution in [2.45, 2.75) is 32.2 Å². The van der Waals surface area contributed by atoms with Crippen molar-refractivity contribution in [3.8, 4) is 5.75 Å².